The molecule has 2 aromatic rings. The maximum atomic E-state index is 13.2. The standard InChI is InChI=1S/C28H34N2O5/c1-3-28(2,26(33)29-24-15-9-4-10-18(24)16-25(31)32)30-27(34)35-17-23-21-13-7-5-11-19(21)20-12-6-8-14-22(20)23/h5-8,11-14,18,23-24H,3-4,9-10,15-17H2,1-2H3,(H,29,33)(H,30,34)(H,31,32)/t18-,24-,28?/m1/s1. The van der Waals surface area contributed by atoms with E-state index in [1.807, 2.05) is 31.2 Å². The molecule has 2 aliphatic rings. The number of benzene rings is 2. The highest BCUT2D eigenvalue weighted by atomic mass is 16.5. The number of carbonyl (C=O) groups is 3. The summed E-state index contributed by atoms with van der Waals surface area (Å²) < 4.78 is 5.64. The van der Waals surface area contributed by atoms with Crippen molar-refractivity contribution in [1.82, 2.24) is 10.6 Å². The van der Waals surface area contributed by atoms with Crippen LogP contribution >= 0.6 is 0 Å². The molecule has 0 radical (unpaired) electrons. The Morgan fingerprint density at radius 2 is 1.60 bits per heavy atom. The average molecular weight is 479 g/mol. The summed E-state index contributed by atoms with van der Waals surface area (Å²) in [6.45, 7) is 3.68. The molecule has 4 rings (SSSR count). The van der Waals surface area contributed by atoms with Crippen LogP contribution in [0.2, 0.25) is 0 Å². The summed E-state index contributed by atoms with van der Waals surface area (Å²) >= 11 is 0. The number of carboxylic acid groups (broad SMARTS) is 1. The maximum Gasteiger partial charge on any atom is 0.408 e. The Morgan fingerprint density at radius 3 is 2.20 bits per heavy atom. The molecule has 7 nitrogen and oxygen atoms in total. The van der Waals surface area contributed by atoms with E-state index in [1.54, 1.807) is 6.92 Å². The Labute approximate surface area is 206 Å². The molecule has 186 valence electrons. The number of amides is 2. The van der Waals surface area contributed by atoms with E-state index in [2.05, 4.69) is 34.9 Å². The van der Waals surface area contributed by atoms with Crippen LogP contribution in [-0.4, -0.2) is 41.3 Å². The molecule has 2 aromatic carbocycles. The van der Waals surface area contributed by atoms with Crippen molar-refractivity contribution in [2.75, 3.05) is 6.61 Å². The summed E-state index contributed by atoms with van der Waals surface area (Å²) in [4.78, 5) is 37.2. The van der Waals surface area contributed by atoms with Crippen LogP contribution in [-0.2, 0) is 14.3 Å². The summed E-state index contributed by atoms with van der Waals surface area (Å²) in [5.41, 5.74) is 3.39. The van der Waals surface area contributed by atoms with Gasteiger partial charge < -0.3 is 20.5 Å². The molecule has 2 aliphatic carbocycles. The van der Waals surface area contributed by atoms with Gasteiger partial charge in [0.2, 0.25) is 5.91 Å². The smallest absolute Gasteiger partial charge is 0.408 e. The van der Waals surface area contributed by atoms with Crippen LogP contribution in [0.4, 0.5) is 4.79 Å². The lowest BCUT2D eigenvalue weighted by molar-refractivity contribution is -0.139. The van der Waals surface area contributed by atoms with Crippen molar-refractivity contribution >= 4 is 18.0 Å². The molecule has 0 aliphatic heterocycles. The minimum Gasteiger partial charge on any atom is -0.481 e. The Kier molecular flexibility index (Phi) is 7.43. The van der Waals surface area contributed by atoms with Crippen molar-refractivity contribution in [3.8, 4) is 11.1 Å². The molecule has 0 heterocycles. The average Bonchev–Trinajstić information content (AvgIpc) is 3.17. The third kappa shape index (κ3) is 5.34. The van der Waals surface area contributed by atoms with E-state index in [0.29, 0.717) is 6.42 Å². The summed E-state index contributed by atoms with van der Waals surface area (Å²) in [7, 11) is 0. The largest absolute Gasteiger partial charge is 0.481 e. The van der Waals surface area contributed by atoms with Crippen LogP contribution in [0.25, 0.3) is 11.1 Å². The molecule has 0 bridgehead atoms. The van der Waals surface area contributed by atoms with Crippen molar-refractivity contribution in [3.63, 3.8) is 0 Å². The van der Waals surface area contributed by atoms with Gasteiger partial charge in [0.05, 0.1) is 6.42 Å². The first kappa shape index (κ1) is 24.8. The van der Waals surface area contributed by atoms with E-state index in [1.165, 1.54) is 0 Å². The van der Waals surface area contributed by atoms with E-state index in [0.717, 1.165) is 47.9 Å². The fraction of sp³-hybridized carbons (Fsp3) is 0.464. The van der Waals surface area contributed by atoms with Crippen LogP contribution < -0.4 is 10.6 Å². The first-order valence-electron chi connectivity index (χ1n) is 12.5. The first-order chi connectivity index (χ1) is 16.8. The second kappa shape index (κ2) is 10.5. The quantitative estimate of drug-likeness (QED) is 0.503. The van der Waals surface area contributed by atoms with Crippen LogP contribution in [0.3, 0.4) is 0 Å². The van der Waals surface area contributed by atoms with E-state index < -0.39 is 17.6 Å². The van der Waals surface area contributed by atoms with Crippen LogP contribution in [0.15, 0.2) is 48.5 Å². The molecule has 3 atom stereocenters. The summed E-state index contributed by atoms with van der Waals surface area (Å²) in [5.74, 6) is -1.32. The molecule has 0 saturated heterocycles. The van der Waals surface area contributed by atoms with Crippen molar-refractivity contribution in [3.05, 3.63) is 59.7 Å². The van der Waals surface area contributed by atoms with E-state index >= 15 is 0 Å². The molecular formula is C28H34N2O5. The Hall–Kier alpha value is -3.35. The zero-order valence-electron chi connectivity index (χ0n) is 20.4. The number of hydrogen-bond donors (Lipinski definition) is 3. The summed E-state index contributed by atoms with van der Waals surface area (Å²) in [5, 5.41) is 15.0. The SMILES string of the molecule is CCC(C)(NC(=O)OCC1c2ccccc2-c2ccccc21)C(=O)N[C@@H]1CCCC[C@@H]1CC(=O)O. The summed E-state index contributed by atoms with van der Waals surface area (Å²) in [6.07, 6.45) is 3.20. The van der Waals surface area contributed by atoms with Crippen LogP contribution in [0.5, 0.6) is 0 Å². The predicted octanol–water partition coefficient (Wildman–Crippen LogP) is 4.84. The van der Waals surface area contributed by atoms with Gasteiger partial charge in [-0.3, -0.25) is 9.59 Å². The zero-order valence-corrected chi connectivity index (χ0v) is 20.4. The van der Waals surface area contributed by atoms with Gasteiger partial charge in [-0.2, -0.15) is 0 Å². The second-order valence-electron chi connectivity index (χ2n) is 9.86. The van der Waals surface area contributed by atoms with Gasteiger partial charge in [-0.05, 0) is 54.4 Å². The van der Waals surface area contributed by atoms with E-state index in [-0.39, 0.29) is 36.8 Å². The van der Waals surface area contributed by atoms with E-state index in [4.69, 9.17) is 4.74 Å². The van der Waals surface area contributed by atoms with Gasteiger partial charge >= 0.3 is 12.1 Å². The van der Waals surface area contributed by atoms with Crippen LogP contribution in [0.1, 0.15) is 69.4 Å². The van der Waals surface area contributed by atoms with Crippen LogP contribution in [0, 0.1) is 5.92 Å². The summed E-state index contributed by atoms with van der Waals surface area (Å²) in [6, 6.07) is 16.0. The maximum absolute atomic E-state index is 13.2. The predicted molar refractivity (Wildman–Crippen MR) is 133 cm³/mol. The van der Waals surface area contributed by atoms with Gasteiger partial charge in [-0.1, -0.05) is 68.3 Å². The topological polar surface area (TPSA) is 105 Å². The lowest BCUT2D eigenvalue weighted by atomic mass is 9.82. The Morgan fingerprint density at radius 1 is 1.00 bits per heavy atom. The molecule has 1 saturated carbocycles. The number of aliphatic carboxylic acids is 1. The highest BCUT2D eigenvalue weighted by Gasteiger charge is 2.38. The third-order valence-corrected chi connectivity index (χ3v) is 7.59. The number of hydrogen-bond acceptors (Lipinski definition) is 4. The third-order valence-electron chi connectivity index (χ3n) is 7.59. The highest BCUT2D eigenvalue weighted by Crippen LogP contribution is 2.44. The van der Waals surface area contributed by atoms with Gasteiger partial charge in [0.25, 0.3) is 0 Å². The Balaban J connectivity index is 1.39. The number of nitrogens with one attached hydrogen (secondary N) is 2. The molecule has 0 spiro atoms. The molecule has 7 heteroatoms. The number of fused-ring (bicyclic) bond motifs is 3. The zero-order chi connectivity index (χ0) is 25.0. The van der Waals surface area contributed by atoms with Crippen molar-refractivity contribution < 1.29 is 24.2 Å². The molecule has 3 N–H and O–H groups in total. The second-order valence-corrected chi connectivity index (χ2v) is 9.86. The fourth-order valence-corrected chi connectivity index (χ4v) is 5.36. The number of alkyl carbamates (subject to hydrolysis) is 1. The lowest BCUT2D eigenvalue weighted by Crippen LogP contribution is -2.59. The minimum absolute atomic E-state index is 0.0353. The van der Waals surface area contributed by atoms with Crippen molar-refractivity contribution in [2.24, 2.45) is 5.92 Å². The number of rotatable bonds is 8. The number of ether oxygens (including phenoxy) is 1. The van der Waals surface area contributed by atoms with Crippen molar-refractivity contribution in [2.45, 2.75) is 69.9 Å². The van der Waals surface area contributed by atoms with E-state index in [9.17, 15) is 19.5 Å². The normalized spacial score (nSPS) is 20.7. The monoisotopic (exact) mass is 478 g/mol. The lowest BCUT2D eigenvalue weighted by Gasteiger charge is -2.35. The van der Waals surface area contributed by atoms with Gasteiger partial charge in [-0.25, -0.2) is 4.79 Å². The van der Waals surface area contributed by atoms with Crippen molar-refractivity contribution in [1.29, 1.82) is 0 Å². The molecular weight excluding hydrogens is 444 g/mol. The minimum atomic E-state index is -1.16. The number of carbonyl (C=O) groups excluding carboxylic acids is 2. The van der Waals surface area contributed by atoms with Gasteiger partial charge in [0.15, 0.2) is 0 Å². The van der Waals surface area contributed by atoms with Gasteiger partial charge in [-0.15, -0.1) is 0 Å². The number of carboxylic acids is 1. The molecule has 1 unspecified atom stereocenters. The molecule has 0 aromatic heterocycles. The molecule has 35 heavy (non-hydrogen) atoms. The van der Waals surface area contributed by atoms with Gasteiger partial charge in [0, 0.05) is 12.0 Å². The molecule has 1 fully saturated rings. The fourth-order valence-electron chi connectivity index (χ4n) is 5.36. The molecule has 2 amide bonds. The first-order valence-corrected chi connectivity index (χ1v) is 12.5. The van der Waals surface area contributed by atoms with Gasteiger partial charge in [0.1, 0.15) is 12.1 Å². The Bertz CT molecular complexity index is 1050. The highest BCUT2D eigenvalue weighted by molar-refractivity contribution is 5.90.